The first-order valence-electron chi connectivity index (χ1n) is 6.37. The summed E-state index contributed by atoms with van der Waals surface area (Å²) in [6.07, 6.45) is 3.43. The number of aryl methyl sites for hydroxylation is 2. The number of nitro groups is 1. The van der Waals surface area contributed by atoms with E-state index in [2.05, 4.69) is 25.6 Å². The van der Waals surface area contributed by atoms with Gasteiger partial charge in [0.1, 0.15) is 5.69 Å². The van der Waals surface area contributed by atoms with E-state index in [-0.39, 0.29) is 11.5 Å². The van der Waals surface area contributed by atoms with Gasteiger partial charge in [-0.15, -0.1) is 0 Å². The van der Waals surface area contributed by atoms with E-state index in [1.54, 1.807) is 26.4 Å². The Morgan fingerprint density at radius 3 is 2.71 bits per heavy atom. The van der Waals surface area contributed by atoms with Gasteiger partial charge < -0.3 is 10.6 Å². The van der Waals surface area contributed by atoms with Gasteiger partial charge in [-0.05, 0) is 31.0 Å². The summed E-state index contributed by atoms with van der Waals surface area (Å²) in [4.78, 5) is 22.9. The Balaban J connectivity index is 2.32. The zero-order valence-corrected chi connectivity index (χ0v) is 12.0. The van der Waals surface area contributed by atoms with E-state index in [4.69, 9.17) is 0 Å². The molecule has 0 aliphatic heterocycles. The van der Waals surface area contributed by atoms with Crippen LogP contribution in [0.1, 0.15) is 16.8 Å². The summed E-state index contributed by atoms with van der Waals surface area (Å²) in [5.41, 5.74) is 2.21. The van der Waals surface area contributed by atoms with E-state index in [9.17, 15) is 10.1 Å². The lowest BCUT2D eigenvalue weighted by atomic mass is 10.1. The van der Waals surface area contributed by atoms with Gasteiger partial charge in [0.25, 0.3) is 0 Å². The molecule has 0 saturated carbocycles. The minimum absolute atomic E-state index is 0.110. The van der Waals surface area contributed by atoms with Crippen molar-refractivity contribution in [3.63, 3.8) is 0 Å². The van der Waals surface area contributed by atoms with Gasteiger partial charge in [-0.3, -0.25) is 15.1 Å². The van der Waals surface area contributed by atoms with Crippen molar-refractivity contribution in [1.29, 1.82) is 0 Å². The Hall–Kier alpha value is -2.77. The van der Waals surface area contributed by atoms with Crippen LogP contribution in [0.25, 0.3) is 0 Å². The predicted molar refractivity (Wildman–Crippen MR) is 79.3 cm³/mol. The minimum atomic E-state index is -0.476. The molecule has 2 aromatic rings. The molecule has 2 rings (SSSR count). The van der Waals surface area contributed by atoms with E-state index < -0.39 is 4.92 Å². The van der Waals surface area contributed by atoms with Gasteiger partial charge in [-0.1, -0.05) is 0 Å². The molecule has 0 atom stereocenters. The molecule has 110 valence electrons. The molecule has 2 aromatic heterocycles. The topological polar surface area (TPSA) is 106 Å². The molecule has 8 nitrogen and oxygen atoms in total. The molecule has 0 aliphatic rings. The van der Waals surface area contributed by atoms with Crippen molar-refractivity contribution in [2.45, 2.75) is 20.4 Å². The molecular weight excluding hydrogens is 272 g/mol. The molecule has 0 aromatic carbocycles. The van der Waals surface area contributed by atoms with Gasteiger partial charge in [0.2, 0.25) is 11.8 Å². The highest BCUT2D eigenvalue weighted by atomic mass is 16.6. The first-order chi connectivity index (χ1) is 10.0. The van der Waals surface area contributed by atoms with E-state index in [1.165, 1.54) is 0 Å². The third-order valence-corrected chi connectivity index (χ3v) is 3.05. The van der Waals surface area contributed by atoms with Gasteiger partial charge in [0.15, 0.2) is 0 Å². The van der Waals surface area contributed by atoms with Crippen LogP contribution in [0.3, 0.4) is 0 Å². The van der Waals surface area contributed by atoms with Crippen molar-refractivity contribution in [2.75, 3.05) is 17.7 Å². The second kappa shape index (κ2) is 6.12. The summed E-state index contributed by atoms with van der Waals surface area (Å²) in [6.45, 7) is 3.95. The molecule has 8 heteroatoms. The van der Waals surface area contributed by atoms with Crippen LogP contribution in [0, 0.1) is 24.0 Å². The van der Waals surface area contributed by atoms with Gasteiger partial charge in [-0.2, -0.15) is 4.98 Å². The lowest BCUT2D eigenvalue weighted by Gasteiger charge is -2.10. The highest BCUT2D eigenvalue weighted by molar-refractivity contribution is 5.61. The monoisotopic (exact) mass is 288 g/mol. The fourth-order valence-corrected chi connectivity index (χ4v) is 1.90. The summed E-state index contributed by atoms with van der Waals surface area (Å²) >= 11 is 0. The van der Waals surface area contributed by atoms with Crippen molar-refractivity contribution < 1.29 is 4.92 Å². The quantitative estimate of drug-likeness (QED) is 0.640. The second-order valence-corrected chi connectivity index (χ2v) is 4.49. The number of pyridine rings is 1. The summed E-state index contributed by atoms with van der Waals surface area (Å²) in [6, 6.07) is 1.86. The Labute approximate surface area is 121 Å². The maximum atomic E-state index is 11.2. The first-order valence-corrected chi connectivity index (χ1v) is 6.37. The fraction of sp³-hybridized carbons (Fsp3) is 0.308. The predicted octanol–water partition coefficient (Wildman–Crippen LogP) is 2.05. The third-order valence-electron chi connectivity index (χ3n) is 3.05. The molecular formula is C13H16N6O2. The van der Waals surface area contributed by atoms with E-state index in [0.717, 1.165) is 11.1 Å². The lowest BCUT2D eigenvalue weighted by Crippen LogP contribution is -2.10. The van der Waals surface area contributed by atoms with Crippen molar-refractivity contribution in [3.05, 3.63) is 45.4 Å². The number of hydrogen-bond acceptors (Lipinski definition) is 7. The van der Waals surface area contributed by atoms with Crippen LogP contribution in [0.2, 0.25) is 0 Å². The first kappa shape index (κ1) is 14.6. The van der Waals surface area contributed by atoms with Crippen LogP contribution >= 0.6 is 0 Å². The number of rotatable bonds is 5. The zero-order valence-electron chi connectivity index (χ0n) is 12.0. The lowest BCUT2D eigenvalue weighted by molar-refractivity contribution is -0.385. The molecule has 21 heavy (non-hydrogen) atoms. The molecule has 0 radical (unpaired) electrons. The summed E-state index contributed by atoms with van der Waals surface area (Å²) < 4.78 is 0. The normalized spacial score (nSPS) is 10.2. The SMILES string of the molecule is CNc1nc(C)c([N+](=O)[O-])c(NCc2ccncc2C)n1. The molecule has 0 saturated heterocycles. The Bertz CT molecular complexity index is 674. The number of nitrogens with one attached hydrogen (secondary N) is 2. The molecule has 2 heterocycles. The standard InChI is InChI=1S/C13H16N6O2/c1-8-6-15-5-4-10(8)7-16-12-11(19(20)21)9(2)17-13(14-3)18-12/h4-6H,7H2,1-3H3,(H2,14,16,17,18). The molecule has 0 unspecified atom stereocenters. The zero-order chi connectivity index (χ0) is 15.4. The van der Waals surface area contributed by atoms with Crippen LogP contribution in [-0.4, -0.2) is 26.9 Å². The van der Waals surface area contributed by atoms with Crippen LogP contribution in [0.4, 0.5) is 17.5 Å². The maximum Gasteiger partial charge on any atom is 0.332 e. The molecule has 0 spiro atoms. The Morgan fingerprint density at radius 1 is 1.33 bits per heavy atom. The largest absolute Gasteiger partial charge is 0.360 e. The Morgan fingerprint density at radius 2 is 2.10 bits per heavy atom. The van der Waals surface area contributed by atoms with Crippen LogP contribution in [0.5, 0.6) is 0 Å². The number of anilines is 2. The molecule has 2 N–H and O–H groups in total. The average molecular weight is 288 g/mol. The van der Waals surface area contributed by atoms with Crippen molar-refractivity contribution in [1.82, 2.24) is 15.0 Å². The molecule has 0 bridgehead atoms. The molecule has 0 aliphatic carbocycles. The van der Waals surface area contributed by atoms with Gasteiger partial charge in [0.05, 0.1) is 4.92 Å². The van der Waals surface area contributed by atoms with Crippen LogP contribution in [-0.2, 0) is 6.54 Å². The average Bonchev–Trinajstić information content (AvgIpc) is 2.45. The van der Waals surface area contributed by atoms with Gasteiger partial charge >= 0.3 is 5.69 Å². The smallest absolute Gasteiger partial charge is 0.332 e. The highest BCUT2D eigenvalue weighted by Crippen LogP contribution is 2.26. The number of hydrogen-bond donors (Lipinski definition) is 2. The van der Waals surface area contributed by atoms with Crippen molar-refractivity contribution in [3.8, 4) is 0 Å². The molecule has 0 fully saturated rings. The summed E-state index contributed by atoms with van der Waals surface area (Å²) in [7, 11) is 1.66. The summed E-state index contributed by atoms with van der Waals surface area (Å²) in [5.74, 6) is 0.542. The number of nitrogens with zero attached hydrogens (tertiary/aromatic N) is 4. The highest BCUT2D eigenvalue weighted by Gasteiger charge is 2.21. The third kappa shape index (κ3) is 3.22. The number of aromatic nitrogens is 3. The van der Waals surface area contributed by atoms with Gasteiger partial charge in [-0.25, -0.2) is 4.98 Å². The minimum Gasteiger partial charge on any atom is -0.360 e. The second-order valence-electron chi connectivity index (χ2n) is 4.49. The van der Waals surface area contributed by atoms with Crippen LogP contribution in [0.15, 0.2) is 18.5 Å². The Kier molecular flexibility index (Phi) is 4.27. The van der Waals surface area contributed by atoms with Gasteiger partial charge in [0, 0.05) is 26.0 Å². The van der Waals surface area contributed by atoms with Crippen molar-refractivity contribution >= 4 is 17.5 Å². The summed E-state index contributed by atoms with van der Waals surface area (Å²) in [5, 5.41) is 17.0. The fourth-order valence-electron chi connectivity index (χ4n) is 1.90. The van der Waals surface area contributed by atoms with Crippen molar-refractivity contribution in [2.24, 2.45) is 0 Å². The van der Waals surface area contributed by atoms with Crippen LogP contribution < -0.4 is 10.6 Å². The van der Waals surface area contributed by atoms with E-state index in [0.29, 0.717) is 18.2 Å². The van der Waals surface area contributed by atoms with E-state index >= 15 is 0 Å². The van der Waals surface area contributed by atoms with E-state index in [1.807, 2.05) is 13.0 Å². The maximum absolute atomic E-state index is 11.2. The molecule has 0 amide bonds.